The third kappa shape index (κ3) is 18.3. The molecule has 0 atom stereocenters. The minimum atomic E-state index is 0.691. The molecule has 0 aliphatic rings. The number of ether oxygens (including phenoxy) is 1. The van der Waals surface area contributed by atoms with Gasteiger partial charge in [0.25, 0.3) is 0 Å². The van der Waals surface area contributed by atoms with Gasteiger partial charge < -0.3 is 4.74 Å². The van der Waals surface area contributed by atoms with Crippen LogP contribution in [0, 0.1) is 0 Å². The summed E-state index contributed by atoms with van der Waals surface area (Å²) in [5.41, 5.74) is 1.15. The van der Waals surface area contributed by atoms with Crippen molar-refractivity contribution in [1.29, 1.82) is 0 Å². The SMILES string of the molecule is C=C.C=C/C(=C\C)COCC.CC. The standard InChI is InChI=1S/C8H14O.C2H6.C2H4/c1-4-8(5-2)7-9-6-3;2*1-2/h4-5H,1,6-7H2,2-3H3;1-2H3;1-2H2/b8-5+;;. The molecule has 1 heteroatoms. The Bertz CT molecular complexity index is 114. The Hall–Kier alpha value is -0.820. The molecule has 0 aromatic heterocycles. The van der Waals surface area contributed by atoms with Crippen LogP contribution in [0.25, 0.3) is 0 Å². The summed E-state index contributed by atoms with van der Waals surface area (Å²) < 4.78 is 5.14. The van der Waals surface area contributed by atoms with Crippen molar-refractivity contribution in [3.8, 4) is 0 Å². The molecule has 0 saturated carbocycles. The zero-order chi connectivity index (χ0) is 11.1. The first-order valence-corrected chi connectivity index (χ1v) is 4.70. The highest BCUT2D eigenvalue weighted by Gasteiger charge is 1.86. The molecule has 0 saturated heterocycles. The number of hydrogen-bond acceptors (Lipinski definition) is 1. The van der Waals surface area contributed by atoms with Gasteiger partial charge in [-0.2, -0.15) is 0 Å². The van der Waals surface area contributed by atoms with E-state index in [4.69, 9.17) is 4.74 Å². The summed E-state index contributed by atoms with van der Waals surface area (Å²) in [6, 6.07) is 0. The maximum absolute atomic E-state index is 5.14. The van der Waals surface area contributed by atoms with E-state index < -0.39 is 0 Å². The summed E-state index contributed by atoms with van der Waals surface area (Å²) in [4.78, 5) is 0. The zero-order valence-corrected chi connectivity index (χ0v) is 9.60. The van der Waals surface area contributed by atoms with Crippen LogP contribution in [0.15, 0.2) is 37.5 Å². The molecule has 0 aromatic rings. The molecule has 0 aliphatic carbocycles. The molecule has 0 aromatic carbocycles. The molecule has 0 bridgehead atoms. The van der Waals surface area contributed by atoms with Crippen LogP contribution in [0.4, 0.5) is 0 Å². The van der Waals surface area contributed by atoms with Crippen molar-refractivity contribution in [2.45, 2.75) is 27.7 Å². The molecule has 0 radical (unpaired) electrons. The van der Waals surface area contributed by atoms with E-state index in [1.165, 1.54) is 0 Å². The van der Waals surface area contributed by atoms with Crippen LogP contribution in [0.5, 0.6) is 0 Å². The van der Waals surface area contributed by atoms with Gasteiger partial charge in [-0.15, -0.1) is 13.2 Å². The van der Waals surface area contributed by atoms with E-state index in [0.29, 0.717) is 6.61 Å². The Morgan fingerprint density at radius 3 is 2.00 bits per heavy atom. The first kappa shape index (κ1) is 18.1. The number of rotatable bonds is 4. The van der Waals surface area contributed by atoms with Crippen LogP contribution in [0.2, 0.25) is 0 Å². The first-order valence-electron chi connectivity index (χ1n) is 4.70. The highest BCUT2D eigenvalue weighted by atomic mass is 16.5. The molecule has 1 nitrogen and oxygen atoms in total. The van der Waals surface area contributed by atoms with Crippen LogP contribution in [-0.4, -0.2) is 13.2 Å². The Kier molecular flexibility index (Phi) is 31.2. The number of hydrogen-bond donors (Lipinski definition) is 0. The summed E-state index contributed by atoms with van der Waals surface area (Å²) in [6.45, 7) is 19.1. The highest BCUT2D eigenvalue weighted by molar-refractivity contribution is 5.15. The van der Waals surface area contributed by atoms with Crippen molar-refractivity contribution in [3.05, 3.63) is 37.5 Å². The van der Waals surface area contributed by atoms with Gasteiger partial charge in [0, 0.05) is 6.61 Å². The lowest BCUT2D eigenvalue weighted by atomic mass is 10.3. The van der Waals surface area contributed by atoms with Crippen LogP contribution < -0.4 is 0 Å². The van der Waals surface area contributed by atoms with Crippen molar-refractivity contribution in [3.63, 3.8) is 0 Å². The lowest BCUT2D eigenvalue weighted by molar-refractivity contribution is 0.173. The lowest BCUT2D eigenvalue weighted by Crippen LogP contribution is -1.94. The summed E-state index contributed by atoms with van der Waals surface area (Å²) in [5, 5.41) is 0. The third-order valence-electron chi connectivity index (χ3n) is 1.11. The van der Waals surface area contributed by atoms with Crippen molar-refractivity contribution < 1.29 is 4.74 Å². The predicted octanol–water partition coefficient (Wildman–Crippen LogP) is 3.98. The summed E-state index contributed by atoms with van der Waals surface area (Å²) >= 11 is 0. The molecule has 0 rings (SSSR count). The molecule has 78 valence electrons. The molecular weight excluding hydrogens is 160 g/mol. The van der Waals surface area contributed by atoms with E-state index in [2.05, 4.69) is 19.7 Å². The van der Waals surface area contributed by atoms with Gasteiger partial charge in [0.05, 0.1) is 6.61 Å². The van der Waals surface area contributed by atoms with Gasteiger partial charge in [0.15, 0.2) is 0 Å². The van der Waals surface area contributed by atoms with Gasteiger partial charge in [0.2, 0.25) is 0 Å². The monoisotopic (exact) mass is 184 g/mol. The van der Waals surface area contributed by atoms with Crippen molar-refractivity contribution in [1.82, 2.24) is 0 Å². The predicted molar refractivity (Wildman–Crippen MR) is 63.0 cm³/mol. The summed E-state index contributed by atoms with van der Waals surface area (Å²) in [6.07, 6.45) is 3.82. The maximum Gasteiger partial charge on any atom is 0.0713 e. The number of allylic oxidation sites excluding steroid dienone is 1. The fraction of sp³-hybridized carbons (Fsp3) is 0.500. The fourth-order valence-electron chi connectivity index (χ4n) is 0.480. The van der Waals surface area contributed by atoms with Gasteiger partial charge in [-0.3, -0.25) is 0 Å². The molecule has 0 aliphatic heterocycles. The van der Waals surface area contributed by atoms with Crippen molar-refractivity contribution >= 4 is 0 Å². The molecule has 0 unspecified atom stereocenters. The van der Waals surface area contributed by atoms with Crippen LogP contribution >= 0.6 is 0 Å². The molecule has 0 amide bonds. The van der Waals surface area contributed by atoms with Gasteiger partial charge in [-0.25, -0.2) is 0 Å². The van der Waals surface area contributed by atoms with Gasteiger partial charge >= 0.3 is 0 Å². The second-order valence-corrected chi connectivity index (χ2v) is 1.70. The fourth-order valence-corrected chi connectivity index (χ4v) is 0.480. The minimum Gasteiger partial charge on any atom is -0.377 e. The Balaban J connectivity index is -0.000000218. The van der Waals surface area contributed by atoms with E-state index in [1.807, 2.05) is 39.8 Å². The summed E-state index contributed by atoms with van der Waals surface area (Å²) in [5.74, 6) is 0. The van der Waals surface area contributed by atoms with E-state index in [1.54, 1.807) is 0 Å². The van der Waals surface area contributed by atoms with Crippen LogP contribution in [0.3, 0.4) is 0 Å². The van der Waals surface area contributed by atoms with Gasteiger partial charge in [-0.1, -0.05) is 32.6 Å². The molecular formula is C12H24O. The minimum absolute atomic E-state index is 0.691. The normalized spacial score (nSPS) is 8.77. The van der Waals surface area contributed by atoms with Crippen molar-refractivity contribution in [2.24, 2.45) is 0 Å². The van der Waals surface area contributed by atoms with Crippen LogP contribution in [-0.2, 0) is 4.74 Å². The Labute approximate surface area is 83.8 Å². The van der Waals surface area contributed by atoms with Gasteiger partial charge in [0.1, 0.15) is 0 Å². The lowest BCUT2D eigenvalue weighted by Gasteiger charge is -1.99. The van der Waals surface area contributed by atoms with E-state index >= 15 is 0 Å². The largest absolute Gasteiger partial charge is 0.377 e. The topological polar surface area (TPSA) is 9.23 Å². The van der Waals surface area contributed by atoms with E-state index in [0.717, 1.165) is 12.2 Å². The van der Waals surface area contributed by atoms with E-state index in [9.17, 15) is 0 Å². The second kappa shape index (κ2) is 22.5. The molecule has 0 N–H and O–H groups in total. The molecule has 0 spiro atoms. The Morgan fingerprint density at radius 1 is 1.31 bits per heavy atom. The average molecular weight is 184 g/mol. The molecule has 0 heterocycles. The molecule has 0 fully saturated rings. The zero-order valence-electron chi connectivity index (χ0n) is 9.60. The maximum atomic E-state index is 5.14. The van der Waals surface area contributed by atoms with E-state index in [-0.39, 0.29) is 0 Å². The Morgan fingerprint density at radius 2 is 1.77 bits per heavy atom. The first-order chi connectivity index (χ1) is 6.35. The van der Waals surface area contributed by atoms with Crippen molar-refractivity contribution in [2.75, 3.05) is 13.2 Å². The van der Waals surface area contributed by atoms with Gasteiger partial charge in [-0.05, 0) is 19.4 Å². The second-order valence-electron chi connectivity index (χ2n) is 1.70. The summed E-state index contributed by atoms with van der Waals surface area (Å²) in [7, 11) is 0. The molecule has 13 heavy (non-hydrogen) atoms. The third-order valence-corrected chi connectivity index (χ3v) is 1.11. The average Bonchev–Trinajstić information content (AvgIpc) is 2.25. The van der Waals surface area contributed by atoms with Crippen LogP contribution in [0.1, 0.15) is 27.7 Å². The quantitative estimate of drug-likeness (QED) is 0.474. The highest BCUT2D eigenvalue weighted by Crippen LogP contribution is 1.94. The smallest absolute Gasteiger partial charge is 0.0713 e.